The Balaban J connectivity index is 1.85. The van der Waals surface area contributed by atoms with E-state index in [1.54, 1.807) is 0 Å². The highest BCUT2D eigenvalue weighted by atomic mass is 16.7. The largest absolute Gasteiger partial charge is 0.514 e. The third kappa shape index (κ3) is 2.71. The molecule has 6 heteroatoms. The Bertz CT molecular complexity index is 571. The SMILES string of the molecule is CC1(C)OB(c2cccc(C3COCCC3=O)n2)OC1(C)C. The Labute approximate surface area is 131 Å². The van der Waals surface area contributed by atoms with Crippen molar-refractivity contribution in [2.45, 2.75) is 51.2 Å². The van der Waals surface area contributed by atoms with Gasteiger partial charge in [-0.3, -0.25) is 9.78 Å². The van der Waals surface area contributed by atoms with E-state index in [0.29, 0.717) is 25.2 Å². The van der Waals surface area contributed by atoms with Gasteiger partial charge in [0.2, 0.25) is 0 Å². The van der Waals surface area contributed by atoms with Gasteiger partial charge >= 0.3 is 7.12 Å². The Hall–Kier alpha value is -1.24. The molecular formula is C16H22BNO4. The summed E-state index contributed by atoms with van der Waals surface area (Å²) in [6.45, 7) is 8.94. The predicted molar refractivity (Wildman–Crippen MR) is 83.1 cm³/mol. The van der Waals surface area contributed by atoms with Gasteiger partial charge < -0.3 is 14.0 Å². The summed E-state index contributed by atoms with van der Waals surface area (Å²) in [5.74, 6) is -0.0964. The molecule has 5 nitrogen and oxygen atoms in total. The number of rotatable bonds is 2. The first-order valence-electron chi connectivity index (χ1n) is 7.73. The van der Waals surface area contributed by atoms with E-state index < -0.39 is 18.3 Å². The number of pyridine rings is 1. The molecule has 2 fully saturated rings. The molecule has 1 aromatic heterocycles. The van der Waals surface area contributed by atoms with Gasteiger partial charge in [0.25, 0.3) is 0 Å². The van der Waals surface area contributed by atoms with Crippen molar-refractivity contribution >= 4 is 18.5 Å². The molecule has 0 N–H and O–H groups in total. The first kappa shape index (κ1) is 15.7. The van der Waals surface area contributed by atoms with Crippen molar-refractivity contribution in [3.63, 3.8) is 0 Å². The van der Waals surface area contributed by atoms with E-state index in [4.69, 9.17) is 14.0 Å². The van der Waals surface area contributed by atoms with Gasteiger partial charge in [-0.05, 0) is 39.8 Å². The molecule has 0 saturated carbocycles. The molecule has 1 aromatic rings. The van der Waals surface area contributed by atoms with E-state index in [1.165, 1.54) is 0 Å². The summed E-state index contributed by atoms with van der Waals surface area (Å²) in [4.78, 5) is 16.7. The van der Waals surface area contributed by atoms with E-state index in [1.807, 2.05) is 45.9 Å². The average molecular weight is 303 g/mol. The van der Waals surface area contributed by atoms with Gasteiger partial charge in [-0.1, -0.05) is 6.07 Å². The minimum absolute atomic E-state index is 0.185. The van der Waals surface area contributed by atoms with Crippen LogP contribution in [0.4, 0.5) is 0 Å². The molecule has 2 aliphatic rings. The highest BCUT2D eigenvalue weighted by Crippen LogP contribution is 2.36. The van der Waals surface area contributed by atoms with Crippen LogP contribution in [0.3, 0.4) is 0 Å². The molecule has 2 aliphatic heterocycles. The van der Waals surface area contributed by atoms with Gasteiger partial charge in [-0.2, -0.15) is 0 Å². The second-order valence-electron chi connectivity index (χ2n) is 6.92. The summed E-state index contributed by atoms with van der Waals surface area (Å²) in [6.07, 6.45) is 0.451. The number of ether oxygens (including phenoxy) is 1. The maximum absolute atomic E-state index is 12.1. The minimum atomic E-state index is -0.510. The van der Waals surface area contributed by atoms with Crippen LogP contribution in [0.25, 0.3) is 0 Å². The van der Waals surface area contributed by atoms with Gasteiger partial charge in [0.1, 0.15) is 5.78 Å². The summed E-state index contributed by atoms with van der Waals surface area (Å²) in [5.41, 5.74) is 0.629. The second-order valence-corrected chi connectivity index (χ2v) is 6.92. The zero-order valence-electron chi connectivity index (χ0n) is 13.6. The van der Waals surface area contributed by atoms with Crippen molar-refractivity contribution in [3.05, 3.63) is 23.9 Å². The summed E-state index contributed by atoms with van der Waals surface area (Å²) >= 11 is 0. The molecule has 1 unspecified atom stereocenters. The lowest BCUT2D eigenvalue weighted by Gasteiger charge is -2.32. The molecule has 3 heterocycles. The van der Waals surface area contributed by atoms with Crippen molar-refractivity contribution in [2.24, 2.45) is 0 Å². The van der Waals surface area contributed by atoms with Crippen LogP contribution in [0.5, 0.6) is 0 Å². The van der Waals surface area contributed by atoms with E-state index in [2.05, 4.69) is 4.98 Å². The average Bonchev–Trinajstić information content (AvgIpc) is 2.68. The molecule has 0 bridgehead atoms. The van der Waals surface area contributed by atoms with Gasteiger partial charge in [0, 0.05) is 6.42 Å². The maximum Gasteiger partial charge on any atom is 0.514 e. The van der Waals surface area contributed by atoms with Crippen LogP contribution >= 0.6 is 0 Å². The Morgan fingerprint density at radius 3 is 2.50 bits per heavy atom. The van der Waals surface area contributed by atoms with Crippen molar-refractivity contribution in [3.8, 4) is 0 Å². The molecule has 0 aromatic carbocycles. The normalized spacial score (nSPS) is 27.2. The fourth-order valence-corrected chi connectivity index (χ4v) is 2.65. The second kappa shape index (κ2) is 5.44. The van der Waals surface area contributed by atoms with Crippen LogP contribution in [-0.2, 0) is 18.8 Å². The van der Waals surface area contributed by atoms with Gasteiger partial charge in [-0.15, -0.1) is 0 Å². The van der Waals surface area contributed by atoms with E-state index in [9.17, 15) is 4.79 Å². The fraction of sp³-hybridized carbons (Fsp3) is 0.625. The molecule has 1 atom stereocenters. The third-order valence-corrected chi connectivity index (χ3v) is 4.81. The van der Waals surface area contributed by atoms with Crippen LogP contribution in [-0.4, -0.2) is 42.3 Å². The minimum Gasteiger partial charge on any atom is -0.398 e. The molecule has 0 radical (unpaired) electrons. The molecule has 3 rings (SSSR count). The van der Waals surface area contributed by atoms with Crippen LogP contribution in [0.1, 0.15) is 45.7 Å². The van der Waals surface area contributed by atoms with Crippen molar-refractivity contribution in [2.75, 3.05) is 13.2 Å². The summed E-state index contributed by atoms with van der Waals surface area (Å²) in [6, 6.07) is 5.64. The molecule has 0 spiro atoms. The zero-order valence-corrected chi connectivity index (χ0v) is 13.6. The lowest BCUT2D eigenvalue weighted by Crippen LogP contribution is -2.41. The number of Topliss-reactive ketones (excluding diaryl/α,β-unsaturated/α-hetero) is 1. The lowest BCUT2D eigenvalue weighted by molar-refractivity contribution is -0.126. The standard InChI is InChI=1S/C16H22BNO4/c1-15(2)16(3,4)22-17(21-15)14-7-5-6-12(18-14)11-10-20-9-8-13(11)19/h5-7,11H,8-10H2,1-4H3. The van der Waals surface area contributed by atoms with Crippen molar-refractivity contribution in [1.29, 1.82) is 0 Å². The first-order valence-corrected chi connectivity index (χ1v) is 7.73. The first-order chi connectivity index (χ1) is 10.3. The molecule has 22 heavy (non-hydrogen) atoms. The molecular weight excluding hydrogens is 281 g/mol. The van der Waals surface area contributed by atoms with Crippen LogP contribution in [0.2, 0.25) is 0 Å². The zero-order chi connectivity index (χ0) is 16.0. The third-order valence-electron chi connectivity index (χ3n) is 4.81. The number of hydrogen-bond acceptors (Lipinski definition) is 5. The highest BCUT2D eigenvalue weighted by Gasteiger charge is 2.52. The number of ketones is 1. The Kier molecular flexibility index (Phi) is 3.87. The molecule has 118 valence electrons. The quantitative estimate of drug-likeness (QED) is 0.774. The monoisotopic (exact) mass is 303 g/mol. The van der Waals surface area contributed by atoms with Crippen LogP contribution in [0.15, 0.2) is 18.2 Å². The summed E-state index contributed by atoms with van der Waals surface area (Å²) in [5, 5.41) is 0. The molecule has 0 aliphatic carbocycles. The topological polar surface area (TPSA) is 57.7 Å². The molecule has 0 amide bonds. The Morgan fingerprint density at radius 2 is 1.86 bits per heavy atom. The maximum atomic E-state index is 12.1. The summed E-state index contributed by atoms with van der Waals surface area (Å²) < 4.78 is 17.5. The predicted octanol–water partition coefficient (Wildman–Crippen LogP) is 1.45. The van der Waals surface area contributed by atoms with Gasteiger partial charge in [-0.25, -0.2) is 0 Å². The Morgan fingerprint density at radius 1 is 1.18 bits per heavy atom. The fourth-order valence-electron chi connectivity index (χ4n) is 2.65. The van der Waals surface area contributed by atoms with E-state index in [0.717, 1.165) is 5.69 Å². The van der Waals surface area contributed by atoms with E-state index >= 15 is 0 Å². The van der Waals surface area contributed by atoms with E-state index in [-0.39, 0.29) is 11.7 Å². The number of carbonyl (C=O) groups excluding carboxylic acids is 1. The van der Waals surface area contributed by atoms with Gasteiger partial charge in [0.15, 0.2) is 0 Å². The molecule has 2 saturated heterocycles. The van der Waals surface area contributed by atoms with Crippen LogP contribution < -0.4 is 5.59 Å². The smallest absolute Gasteiger partial charge is 0.398 e. The van der Waals surface area contributed by atoms with Crippen LogP contribution in [0, 0.1) is 0 Å². The van der Waals surface area contributed by atoms with Crippen molar-refractivity contribution in [1.82, 2.24) is 4.98 Å². The number of carbonyl (C=O) groups is 1. The van der Waals surface area contributed by atoms with Gasteiger partial charge in [0.05, 0.1) is 41.6 Å². The number of nitrogens with zero attached hydrogens (tertiary/aromatic N) is 1. The number of hydrogen-bond donors (Lipinski definition) is 0. The highest BCUT2D eigenvalue weighted by molar-refractivity contribution is 6.61. The summed E-state index contributed by atoms with van der Waals surface area (Å²) in [7, 11) is -0.510. The van der Waals surface area contributed by atoms with Crippen molar-refractivity contribution < 1.29 is 18.8 Å². The number of aromatic nitrogens is 1. The lowest BCUT2D eigenvalue weighted by atomic mass is 9.83.